The van der Waals surface area contributed by atoms with Gasteiger partial charge >= 0.3 is 0 Å². The summed E-state index contributed by atoms with van der Waals surface area (Å²) < 4.78 is 0. The van der Waals surface area contributed by atoms with Gasteiger partial charge in [0.2, 0.25) is 11.8 Å². The van der Waals surface area contributed by atoms with E-state index in [0.717, 1.165) is 19.3 Å². The zero-order valence-electron chi connectivity index (χ0n) is 15.3. The Morgan fingerprint density at radius 2 is 1.79 bits per heavy atom. The minimum absolute atomic E-state index is 0.0384. The minimum atomic E-state index is -0.349. The first kappa shape index (κ1) is 18.4. The molecule has 0 aliphatic carbocycles. The molecule has 2 amide bonds. The van der Waals surface area contributed by atoms with Gasteiger partial charge in [-0.1, -0.05) is 20.8 Å². The molecule has 0 bridgehead atoms. The van der Waals surface area contributed by atoms with E-state index in [1.807, 2.05) is 49.8 Å². The number of nitrogens with zero attached hydrogens (tertiary/aromatic N) is 3. The van der Waals surface area contributed by atoms with Crippen molar-refractivity contribution < 1.29 is 9.59 Å². The van der Waals surface area contributed by atoms with Crippen LogP contribution in [-0.2, 0) is 16.0 Å². The average molecular weight is 331 g/mol. The molecule has 0 spiro atoms. The summed E-state index contributed by atoms with van der Waals surface area (Å²) in [6.45, 7) is 7.91. The largest absolute Gasteiger partial charge is 0.345 e. The predicted molar refractivity (Wildman–Crippen MR) is 94.3 cm³/mol. The van der Waals surface area contributed by atoms with Crippen LogP contribution in [0.4, 0.5) is 0 Å². The van der Waals surface area contributed by atoms with E-state index in [2.05, 4.69) is 4.98 Å². The van der Waals surface area contributed by atoms with Crippen LogP contribution in [0.5, 0.6) is 0 Å². The molecule has 0 saturated carbocycles. The van der Waals surface area contributed by atoms with E-state index < -0.39 is 0 Å². The van der Waals surface area contributed by atoms with Gasteiger partial charge in [-0.2, -0.15) is 0 Å². The fraction of sp³-hybridized carbons (Fsp3) is 0.632. The molecule has 2 heterocycles. The van der Waals surface area contributed by atoms with Crippen LogP contribution in [0, 0.1) is 11.3 Å². The van der Waals surface area contributed by atoms with Crippen LogP contribution < -0.4 is 0 Å². The second kappa shape index (κ2) is 7.77. The lowest BCUT2D eigenvalue weighted by Crippen LogP contribution is -2.47. The highest BCUT2D eigenvalue weighted by Gasteiger charge is 2.33. The highest BCUT2D eigenvalue weighted by molar-refractivity contribution is 5.82. The van der Waals surface area contributed by atoms with Gasteiger partial charge in [-0.15, -0.1) is 0 Å². The molecule has 0 radical (unpaired) electrons. The van der Waals surface area contributed by atoms with Crippen LogP contribution >= 0.6 is 0 Å². The summed E-state index contributed by atoms with van der Waals surface area (Å²) in [6.07, 6.45) is 5.92. The van der Waals surface area contributed by atoms with Gasteiger partial charge in [0.05, 0.1) is 0 Å². The van der Waals surface area contributed by atoms with Gasteiger partial charge in [-0.05, 0) is 37.0 Å². The number of hydrogen-bond acceptors (Lipinski definition) is 3. The fourth-order valence-electron chi connectivity index (χ4n) is 3.07. The highest BCUT2D eigenvalue weighted by atomic mass is 16.2. The summed E-state index contributed by atoms with van der Waals surface area (Å²) in [5.41, 5.74) is 0.841. The molecule has 0 unspecified atom stereocenters. The lowest BCUT2D eigenvalue weighted by Gasteiger charge is -2.36. The van der Waals surface area contributed by atoms with E-state index in [0.29, 0.717) is 19.6 Å². The monoisotopic (exact) mass is 331 g/mol. The second-order valence-corrected chi connectivity index (χ2v) is 7.68. The first-order chi connectivity index (χ1) is 11.3. The van der Waals surface area contributed by atoms with Gasteiger partial charge in [-0.3, -0.25) is 14.6 Å². The Kier molecular flexibility index (Phi) is 5.97. The van der Waals surface area contributed by atoms with Crippen LogP contribution in [0.25, 0.3) is 0 Å². The van der Waals surface area contributed by atoms with E-state index in [9.17, 15) is 9.59 Å². The van der Waals surface area contributed by atoms with Crippen LogP contribution in [0.2, 0.25) is 0 Å². The zero-order valence-corrected chi connectivity index (χ0v) is 15.3. The summed E-state index contributed by atoms with van der Waals surface area (Å²) >= 11 is 0. The van der Waals surface area contributed by atoms with E-state index >= 15 is 0 Å². The molecular formula is C19H29N3O2. The van der Waals surface area contributed by atoms with Crippen molar-refractivity contribution in [1.29, 1.82) is 0 Å². The Labute approximate surface area is 145 Å². The molecule has 0 N–H and O–H groups in total. The SMILES string of the molecule is CN(CCc1ccncc1)C(=O)C1CCN(C(=O)C(C)(C)C)CC1. The van der Waals surface area contributed by atoms with Gasteiger partial charge < -0.3 is 9.80 Å². The molecule has 2 rings (SSSR count). The number of aromatic nitrogens is 1. The molecule has 24 heavy (non-hydrogen) atoms. The topological polar surface area (TPSA) is 53.5 Å². The lowest BCUT2D eigenvalue weighted by molar-refractivity contribution is -0.144. The summed E-state index contributed by atoms with van der Waals surface area (Å²) in [4.78, 5) is 32.7. The molecule has 1 aliphatic rings. The van der Waals surface area contributed by atoms with Crippen LogP contribution in [-0.4, -0.2) is 53.3 Å². The zero-order chi connectivity index (χ0) is 17.7. The number of piperidine rings is 1. The van der Waals surface area contributed by atoms with Crippen LogP contribution in [0.15, 0.2) is 24.5 Å². The summed E-state index contributed by atoms with van der Waals surface area (Å²) in [7, 11) is 1.87. The van der Waals surface area contributed by atoms with E-state index in [1.165, 1.54) is 5.56 Å². The number of rotatable bonds is 4. The van der Waals surface area contributed by atoms with Gasteiger partial charge in [0, 0.05) is 50.4 Å². The third-order valence-electron chi connectivity index (χ3n) is 4.63. The maximum Gasteiger partial charge on any atom is 0.227 e. The molecule has 0 aromatic carbocycles. The van der Waals surface area contributed by atoms with Crippen molar-refractivity contribution in [2.75, 3.05) is 26.7 Å². The fourth-order valence-corrected chi connectivity index (χ4v) is 3.07. The first-order valence-electron chi connectivity index (χ1n) is 8.72. The minimum Gasteiger partial charge on any atom is -0.345 e. The van der Waals surface area contributed by atoms with Crippen molar-refractivity contribution in [3.63, 3.8) is 0 Å². The molecule has 132 valence electrons. The molecule has 1 aromatic heterocycles. The summed E-state index contributed by atoms with van der Waals surface area (Å²) in [5, 5.41) is 0. The number of likely N-dealkylation sites (N-methyl/N-ethyl adjacent to an activating group) is 1. The standard InChI is InChI=1S/C19H29N3O2/c1-19(2,3)18(24)22-13-8-16(9-14-22)17(23)21(4)12-7-15-5-10-20-11-6-15/h5-6,10-11,16H,7-9,12-14H2,1-4H3. The normalized spacial score (nSPS) is 16.1. The molecule has 1 aliphatic heterocycles. The van der Waals surface area contributed by atoms with Gasteiger partial charge in [0.1, 0.15) is 0 Å². The summed E-state index contributed by atoms with van der Waals surface area (Å²) in [6, 6.07) is 3.96. The van der Waals surface area contributed by atoms with E-state index in [1.54, 1.807) is 12.4 Å². The molecule has 1 fully saturated rings. The van der Waals surface area contributed by atoms with Crippen molar-refractivity contribution in [2.24, 2.45) is 11.3 Å². The predicted octanol–water partition coefficient (Wildman–Crippen LogP) is 2.37. The lowest BCUT2D eigenvalue weighted by atomic mass is 9.90. The van der Waals surface area contributed by atoms with Crippen molar-refractivity contribution in [3.8, 4) is 0 Å². The number of carbonyl (C=O) groups excluding carboxylic acids is 2. The Hall–Kier alpha value is -1.91. The van der Waals surface area contributed by atoms with Gasteiger partial charge in [0.15, 0.2) is 0 Å². The number of pyridine rings is 1. The van der Waals surface area contributed by atoms with Crippen LogP contribution in [0.1, 0.15) is 39.2 Å². The Morgan fingerprint density at radius 1 is 1.21 bits per heavy atom. The third-order valence-corrected chi connectivity index (χ3v) is 4.63. The molecule has 1 saturated heterocycles. The number of hydrogen-bond donors (Lipinski definition) is 0. The molecule has 5 nitrogen and oxygen atoms in total. The van der Waals surface area contributed by atoms with Crippen LogP contribution in [0.3, 0.4) is 0 Å². The maximum atomic E-state index is 12.6. The Balaban J connectivity index is 1.80. The quantitative estimate of drug-likeness (QED) is 0.851. The maximum absolute atomic E-state index is 12.6. The molecule has 0 atom stereocenters. The molecule has 5 heteroatoms. The highest BCUT2D eigenvalue weighted by Crippen LogP contribution is 2.24. The van der Waals surface area contributed by atoms with Gasteiger partial charge in [-0.25, -0.2) is 0 Å². The molecular weight excluding hydrogens is 302 g/mol. The van der Waals surface area contributed by atoms with Gasteiger partial charge in [0.25, 0.3) is 0 Å². The third kappa shape index (κ3) is 4.79. The van der Waals surface area contributed by atoms with Crippen molar-refractivity contribution in [1.82, 2.24) is 14.8 Å². The van der Waals surface area contributed by atoms with E-state index in [4.69, 9.17) is 0 Å². The smallest absolute Gasteiger partial charge is 0.227 e. The first-order valence-corrected chi connectivity index (χ1v) is 8.72. The Bertz CT molecular complexity index is 558. The number of amides is 2. The van der Waals surface area contributed by atoms with Crippen molar-refractivity contribution >= 4 is 11.8 Å². The Morgan fingerprint density at radius 3 is 2.33 bits per heavy atom. The molecule has 1 aromatic rings. The number of carbonyl (C=O) groups is 2. The van der Waals surface area contributed by atoms with Crippen molar-refractivity contribution in [2.45, 2.75) is 40.0 Å². The second-order valence-electron chi connectivity index (χ2n) is 7.68. The van der Waals surface area contributed by atoms with E-state index in [-0.39, 0.29) is 23.1 Å². The van der Waals surface area contributed by atoms with Crippen molar-refractivity contribution in [3.05, 3.63) is 30.1 Å². The summed E-state index contributed by atoms with van der Waals surface area (Å²) in [5.74, 6) is 0.419. The number of likely N-dealkylation sites (tertiary alicyclic amines) is 1. The average Bonchev–Trinajstić information content (AvgIpc) is 2.58.